The SMILES string of the molecule is CCS(=O)(=O)Nc1cccc(C(=O)Nc2ccc(OC)cc2)c1. The van der Waals surface area contributed by atoms with Gasteiger partial charge in [-0.25, -0.2) is 8.42 Å². The van der Waals surface area contributed by atoms with Gasteiger partial charge >= 0.3 is 0 Å². The summed E-state index contributed by atoms with van der Waals surface area (Å²) in [4.78, 5) is 12.2. The van der Waals surface area contributed by atoms with Crippen LogP contribution in [0.5, 0.6) is 5.75 Å². The molecule has 0 atom stereocenters. The third-order valence-electron chi connectivity index (χ3n) is 3.13. The van der Waals surface area contributed by atoms with Crippen molar-refractivity contribution in [2.45, 2.75) is 6.92 Å². The maximum atomic E-state index is 12.2. The van der Waals surface area contributed by atoms with E-state index in [9.17, 15) is 13.2 Å². The van der Waals surface area contributed by atoms with E-state index in [0.29, 0.717) is 22.7 Å². The number of carbonyl (C=O) groups is 1. The van der Waals surface area contributed by atoms with Crippen LogP contribution >= 0.6 is 0 Å². The van der Waals surface area contributed by atoms with Gasteiger partial charge in [0.1, 0.15) is 5.75 Å². The van der Waals surface area contributed by atoms with Gasteiger partial charge in [-0.15, -0.1) is 0 Å². The summed E-state index contributed by atoms with van der Waals surface area (Å²) in [5, 5.41) is 2.74. The summed E-state index contributed by atoms with van der Waals surface area (Å²) in [6.07, 6.45) is 0. The highest BCUT2D eigenvalue weighted by Gasteiger charge is 2.10. The first-order chi connectivity index (χ1) is 10.9. The van der Waals surface area contributed by atoms with Crippen LogP contribution in [-0.2, 0) is 10.0 Å². The number of carbonyl (C=O) groups excluding carboxylic acids is 1. The number of hydrogen-bond acceptors (Lipinski definition) is 4. The monoisotopic (exact) mass is 334 g/mol. The lowest BCUT2D eigenvalue weighted by atomic mass is 10.2. The second-order valence-corrected chi connectivity index (χ2v) is 6.78. The van der Waals surface area contributed by atoms with Crippen molar-refractivity contribution in [3.8, 4) is 5.75 Å². The number of nitrogens with one attached hydrogen (secondary N) is 2. The van der Waals surface area contributed by atoms with E-state index in [2.05, 4.69) is 10.0 Å². The quantitative estimate of drug-likeness (QED) is 0.850. The molecule has 0 aliphatic carbocycles. The van der Waals surface area contributed by atoms with E-state index >= 15 is 0 Å². The van der Waals surface area contributed by atoms with Crippen LogP contribution in [0.2, 0.25) is 0 Å². The molecule has 1 amide bonds. The third-order valence-corrected chi connectivity index (χ3v) is 4.43. The third kappa shape index (κ3) is 4.72. The Morgan fingerprint density at radius 2 is 1.78 bits per heavy atom. The minimum atomic E-state index is -3.38. The van der Waals surface area contributed by atoms with E-state index in [1.165, 1.54) is 6.07 Å². The fraction of sp³-hybridized carbons (Fsp3) is 0.188. The largest absolute Gasteiger partial charge is 0.497 e. The molecule has 2 aromatic carbocycles. The molecule has 0 unspecified atom stereocenters. The van der Waals surface area contributed by atoms with Gasteiger partial charge in [-0.1, -0.05) is 6.07 Å². The summed E-state index contributed by atoms with van der Waals surface area (Å²) in [7, 11) is -1.81. The molecular formula is C16H18N2O4S. The van der Waals surface area contributed by atoms with E-state index < -0.39 is 10.0 Å². The Hall–Kier alpha value is -2.54. The average molecular weight is 334 g/mol. The molecule has 0 aliphatic heterocycles. The molecule has 122 valence electrons. The maximum Gasteiger partial charge on any atom is 0.255 e. The van der Waals surface area contributed by atoms with Gasteiger partial charge in [0, 0.05) is 16.9 Å². The second kappa shape index (κ2) is 7.15. The highest BCUT2D eigenvalue weighted by atomic mass is 32.2. The average Bonchev–Trinajstić information content (AvgIpc) is 2.55. The normalized spacial score (nSPS) is 10.9. The van der Waals surface area contributed by atoms with Gasteiger partial charge in [0.25, 0.3) is 5.91 Å². The van der Waals surface area contributed by atoms with Gasteiger partial charge in [0.2, 0.25) is 10.0 Å². The molecule has 23 heavy (non-hydrogen) atoms. The maximum absolute atomic E-state index is 12.2. The van der Waals surface area contributed by atoms with E-state index in [0.717, 1.165) is 0 Å². The lowest BCUT2D eigenvalue weighted by molar-refractivity contribution is 0.102. The van der Waals surface area contributed by atoms with Gasteiger partial charge in [-0.3, -0.25) is 9.52 Å². The molecule has 0 bridgehead atoms. The molecule has 0 aliphatic rings. The lowest BCUT2D eigenvalue weighted by Gasteiger charge is -2.09. The fourth-order valence-electron chi connectivity index (χ4n) is 1.85. The molecule has 2 aromatic rings. The van der Waals surface area contributed by atoms with Gasteiger partial charge in [-0.05, 0) is 49.4 Å². The van der Waals surface area contributed by atoms with Crippen molar-refractivity contribution in [1.29, 1.82) is 0 Å². The molecule has 6 nitrogen and oxygen atoms in total. The molecule has 0 heterocycles. The fourth-order valence-corrected chi connectivity index (χ4v) is 2.48. The first kappa shape index (κ1) is 16.8. The van der Waals surface area contributed by atoms with Crippen LogP contribution in [0.25, 0.3) is 0 Å². The zero-order valence-electron chi connectivity index (χ0n) is 12.9. The van der Waals surface area contributed by atoms with Crippen molar-refractivity contribution in [3.63, 3.8) is 0 Å². The first-order valence-corrected chi connectivity index (χ1v) is 8.64. The van der Waals surface area contributed by atoms with Crippen molar-refractivity contribution in [3.05, 3.63) is 54.1 Å². The van der Waals surface area contributed by atoms with Crippen molar-refractivity contribution in [2.24, 2.45) is 0 Å². The van der Waals surface area contributed by atoms with E-state index in [1.807, 2.05) is 0 Å². The van der Waals surface area contributed by atoms with Crippen LogP contribution in [0.3, 0.4) is 0 Å². The van der Waals surface area contributed by atoms with E-state index in [1.54, 1.807) is 56.5 Å². The van der Waals surface area contributed by atoms with Crippen LogP contribution in [-0.4, -0.2) is 27.2 Å². The summed E-state index contributed by atoms with van der Waals surface area (Å²) in [6.45, 7) is 1.54. The number of amides is 1. The predicted octanol–water partition coefficient (Wildman–Crippen LogP) is 2.71. The van der Waals surface area contributed by atoms with Crippen LogP contribution in [0.15, 0.2) is 48.5 Å². The van der Waals surface area contributed by atoms with Gasteiger partial charge in [-0.2, -0.15) is 0 Å². The number of ether oxygens (including phenoxy) is 1. The summed E-state index contributed by atoms with van der Waals surface area (Å²) < 4.78 is 30.6. The number of benzene rings is 2. The molecular weight excluding hydrogens is 316 g/mol. The Balaban J connectivity index is 2.12. The minimum Gasteiger partial charge on any atom is -0.497 e. The molecule has 7 heteroatoms. The summed E-state index contributed by atoms with van der Waals surface area (Å²) >= 11 is 0. The topological polar surface area (TPSA) is 84.5 Å². The Bertz CT molecular complexity index is 786. The molecule has 0 saturated heterocycles. The van der Waals surface area contributed by atoms with Crippen LogP contribution in [0.1, 0.15) is 17.3 Å². The lowest BCUT2D eigenvalue weighted by Crippen LogP contribution is -2.16. The first-order valence-electron chi connectivity index (χ1n) is 6.99. The van der Waals surface area contributed by atoms with Crippen molar-refractivity contribution in [2.75, 3.05) is 22.9 Å². The zero-order valence-corrected chi connectivity index (χ0v) is 13.7. The van der Waals surface area contributed by atoms with Gasteiger partial charge < -0.3 is 10.1 Å². The van der Waals surface area contributed by atoms with Gasteiger partial charge in [0.05, 0.1) is 12.9 Å². The molecule has 2 rings (SSSR count). The Morgan fingerprint density at radius 1 is 1.09 bits per heavy atom. The van der Waals surface area contributed by atoms with Crippen molar-refractivity contribution >= 4 is 27.3 Å². The van der Waals surface area contributed by atoms with E-state index in [-0.39, 0.29) is 11.7 Å². The smallest absolute Gasteiger partial charge is 0.255 e. The van der Waals surface area contributed by atoms with Crippen LogP contribution < -0.4 is 14.8 Å². The van der Waals surface area contributed by atoms with Crippen molar-refractivity contribution in [1.82, 2.24) is 0 Å². The molecule has 0 fully saturated rings. The van der Waals surface area contributed by atoms with E-state index in [4.69, 9.17) is 4.74 Å². The van der Waals surface area contributed by atoms with Crippen LogP contribution in [0.4, 0.5) is 11.4 Å². The predicted molar refractivity (Wildman–Crippen MR) is 90.5 cm³/mol. The minimum absolute atomic E-state index is 0.0325. The number of hydrogen-bond donors (Lipinski definition) is 2. The number of methoxy groups -OCH3 is 1. The zero-order chi connectivity index (χ0) is 16.9. The molecule has 0 aromatic heterocycles. The second-order valence-electron chi connectivity index (χ2n) is 4.77. The highest BCUT2D eigenvalue weighted by Crippen LogP contribution is 2.17. The summed E-state index contributed by atoms with van der Waals surface area (Å²) in [5.74, 6) is 0.335. The standard InChI is InChI=1S/C16H18N2O4S/c1-3-23(20,21)18-14-6-4-5-12(11-14)16(19)17-13-7-9-15(22-2)10-8-13/h4-11,18H,3H2,1-2H3,(H,17,19). The summed E-state index contributed by atoms with van der Waals surface area (Å²) in [5.41, 5.74) is 1.33. The van der Waals surface area contributed by atoms with Gasteiger partial charge in [0.15, 0.2) is 0 Å². The Kier molecular flexibility index (Phi) is 5.23. The van der Waals surface area contributed by atoms with Crippen LogP contribution in [0, 0.1) is 0 Å². The molecule has 0 saturated carbocycles. The Labute approximate surface area is 135 Å². The highest BCUT2D eigenvalue weighted by molar-refractivity contribution is 7.92. The molecule has 0 spiro atoms. The van der Waals surface area contributed by atoms with Crippen molar-refractivity contribution < 1.29 is 17.9 Å². The number of sulfonamides is 1. The number of anilines is 2. The molecule has 2 N–H and O–H groups in total. The Morgan fingerprint density at radius 3 is 2.39 bits per heavy atom. The number of rotatable bonds is 6. The molecule has 0 radical (unpaired) electrons. The summed E-state index contributed by atoms with van der Waals surface area (Å²) in [6, 6.07) is 13.2.